The van der Waals surface area contributed by atoms with Gasteiger partial charge < -0.3 is 19.7 Å². The molecule has 5 aromatic rings. The fourth-order valence-corrected chi connectivity index (χ4v) is 7.48. The van der Waals surface area contributed by atoms with Crippen molar-refractivity contribution in [3.8, 4) is 17.2 Å². The van der Waals surface area contributed by atoms with Gasteiger partial charge in [0.05, 0.1) is 45.7 Å². The standard InChI is InChI=1S/C36H31F2N5O5S/c1-20(2)22-9-14-25(15-10-22)49(45,46)26-16-12-24(13-17-26)43-33-31(21(3)41-43)32(23-11-18-29(48-36(37)38)30(19-23)47-4)42-28-8-6-5-7-27(28)39-35(44)34(42)40-33/h5-20,32,36H,1-4H3,(H,39,44). The highest BCUT2D eigenvalue weighted by Gasteiger charge is 2.43. The van der Waals surface area contributed by atoms with Gasteiger partial charge in [-0.15, -0.1) is 0 Å². The zero-order chi connectivity index (χ0) is 34.6. The molecule has 0 spiro atoms. The maximum absolute atomic E-state index is 13.6. The molecule has 2 aliphatic rings. The Bertz CT molecular complexity index is 2230. The van der Waals surface area contributed by atoms with Crippen molar-refractivity contribution in [2.24, 2.45) is 4.99 Å². The number of methoxy groups -OCH3 is 1. The van der Waals surface area contributed by atoms with E-state index in [1.165, 1.54) is 25.3 Å². The number of hydrogen-bond donors (Lipinski definition) is 1. The summed E-state index contributed by atoms with van der Waals surface area (Å²) in [4.78, 5) is 20.5. The van der Waals surface area contributed by atoms with Gasteiger partial charge in [-0.1, -0.05) is 44.2 Å². The average Bonchev–Trinajstić information content (AvgIpc) is 3.43. The topological polar surface area (TPSA) is 115 Å². The van der Waals surface area contributed by atoms with Crippen molar-refractivity contribution < 1.29 is 31.5 Å². The second-order valence-corrected chi connectivity index (χ2v) is 13.9. The third-order valence-corrected chi connectivity index (χ3v) is 10.4. The molecule has 1 amide bonds. The summed E-state index contributed by atoms with van der Waals surface area (Å²) < 4.78 is 64.9. The molecule has 13 heteroatoms. The lowest BCUT2D eigenvalue weighted by Crippen LogP contribution is -2.48. The van der Waals surface area contributed by atoms with Gasteiger partial charge in [-0.3, -0.25) is 4.79 Å². The minimum Gasteiger partial charge on any atom is -0.493 e. The van der Waals surface area contributed by atoms with Gasteiger partial charge in [0.25, 0.3) is 5.91 Å². The van der Waals surface area contributed by atoms with E-state index < -0.39 is 28.4 Å². The number of sulfone groups is 1. The molecule has 1 N–H and O–H groups in total. The largest absolute Gasteiger partial charge is 0.493 e. The van der Waals surface area contributed by atoms with Crippen LogP contribution in [0.3, 0.4) is 0 Å². The quantitative estimate of drug-likeness (QED) is 0.182. The molecule has 4 aromatic carbocycles. The number of amides is 1. The zero-order valence-corrected chi connectivity index (χ0v) is 27.7. The van der Waals surface area contributed by atoms with E-state index in [-0.39, 0.29) is 33.0 Å². The van der Waals surface area contributed by atoms with Crippen molar-refractivity contribution in [1.29, 1.82) is 0 Å². The van der Waals surface area contributed by atoms with Gasteiger partial charge in [-0.05, 0) is 84.6 Å². The monoisotopic (exact) mass is 683 g/mol. The SMILES string of the molecule is COc1cc(C2c3c(C)nn(-c4ccc(S(=O)(=O)c5ccc(C(C)C)cc5)cc4)c3N=C3C(=O)Nc4ccccc4N32)ccc1OC(F)F. The summed E-state index contributed by atoms with van der Waals surface area (Å²) in [7, 11) is -2.44. The summed E-state index contributed by atoms with van der Waals surface area (Å²) in [6.07, 6.45) is 0. The average molecular weight is 684 g/mol. The number of nitrogens with one attached hydrogen (secondary N) is 1. The zero-order valence-electron chi connectivity index (χ0n) is 26.9. The lowest BCUT2D eigenvalue weighted by molar-refractivity contribution is -0.110. The number of amidine groups is 1. The summed E-state index contributed by atoms with van der Waals surface area (Å²) in [5.41, 5.74) is 4.64. The molecule has 0 saturated heterocycles. The van der Waals surface area contributed by atoms with Gasteiger partial charge in [-0.25, -0.2) is 18.1 Å². The minimum atomic E-state index is -3.79. The Morgan fingerprint density at radius 1 is 0.898 bits per heavy atom. The Balaban J connectivity index is 1.35. The Hall–Kier alpha value is -5.56. The number of rotatable bonds is 8. The molecule has 3 heterocycles. The van der Waals surface area contributed by atoms with Crippen LogP contribution in [0, 0.1) is 6.92 Å². The lowest BCUT2D eigenvalue weighted by atomic mass is 9.93. The van der Waals surface area contributed by atoms with Crippen LogP contribution < -0.4 is 19.7 Å². The summed E-state index contributed by atoms with van der Waals surface area (Å²) in [6, 6.07) is 24.4. The minimum absolute atomic E-state index is 0.0823. The highest BCUT2D eigenvalue weighted by Crippen LogP contribution is 2.48. The van der Waals surface area contributed by atoms with Gasteiger partial charge in [0.1, 0.15) is 0 Å². The van der Waals surface area contributed by atoms with E-state index >= 15 is 0 Å². The number of hydrogen-bond acceptors (Lipinski definition) is 8. The molecule has 1 unspecified atom stereocenters. The number of benzene rings is 4. The number of nitrogens with zero attached hydrogens (tertiary/aromatic N) is 4. The van der Waals surface area contributed by atoms with Crippen LogP contribution in [0.4, 0.5) is 26.0 Å². The number of fused-ring (bicyclic) bond motifs is 4. The summed E-state index contributed by atoms with van der Waals surface area (Å²) >= 11 is 0. The number of aliphatic imine (C=N–C) groups is 1. The third kappa shape index (κ3) is 5.49. The van der Waals surface area contributed by atoms with Crippen molar-refractivity contribution in [1.82, 2.24) is 9.78 Å². The maximum atomic E-state index is 13.6. The van der Waals surface area contributed by atoms with E-state index in [4.69, 9.17) is 14.8 Å². The van der Waals surface area contributed by atoms with Crippen molar-refractivity contribution in [3.05, 3.63) is 113 Å². The van der Waals surface area contributed by atoms with Gasteiger partial charge in [0, 0.05) is 5.56 Å². The fourth-order valence-electron chi connectivity index (χ4n) is 6.22. The van der Waals surface area contributed by atoms with Crippen LogP contribution in [-0.4, -0.2) is 43.7 Å². The third-order valence-electron chi connectivity index (χ3n) is 8.64. The van der Waals surface area contributed by atoms with Crippen LogP contribution in [0.1, 0.15) is 48.2 Å². The van der Waals surface area contributed by atoms with Gasteiger partial charge in [-0.2, -0.15) is 13.9 Å². The van der Waals surface area contributed by atoms with Crippen molar-refractivity contribution in [2.75, 3.05) is 17.3 Å². The van der Waals surface area contributed by atoms with E-state index in [0.717, 1.165) is 5.56 Å². The highest BCUT2D eigenvalue weighted by atomic mass is 32.2. The van der Waals surface area contributed by atoms with Crippen LogP contribution in [0.25, 0.3) is 5.69 Å². The molecule has 1 aromatic heterocycles. The number of para-hydroxylation sites is 2. The number of alkyl halides is 2. The van der Waals surface area contributed by atoms with Crippen LogP contribution in [0.2, 0.25) is 0 Å². The van der Waals surface area contributed by atoms with E-state index in [1.807, 2.05) is 45.0 Å². The Kier molecular flexibility index (Phi) is 7.94. The first-order valence-electron chi connectivity index (χ1n) is 15.4. The summed E-state index contributed by atoms with van der Waals surface area (Å²) in [6.45, 7) is 2.84. The number of aromatic nitrogens is 2. The first-order chi connectivity index (χ1) is 23.5. The Labute approximate surface area is 281 Å². The molecule has 0 saturated carbocycles. The molecule has 2 aliphatic heterocycles. The molecule has 49 heavy (non-hydrogen) atoms. The van der Waals surface area contributed by atoms with Crippen molar-refractivity contribution in [3.63, 3.8) is 0 Å². The molecule has 0 aliphatic carbocycles. The molecular formula is C36H31F2N5O5S. The second kappa shape index (κ2) is 12.2. The highest BCUT2D eigenvalue weighted by molar-refractivity contribution is 7.91. The Morgan fingerprint density at radius 2 is 1.57 bits per heavy atom. The molecule has 10 nitrogen and oxygen atoms in total. The predicted molar refractivity (Wildman–Crippen MR) is 180 cm³/mol. The maximum Gasteiger partial charge on any atom is 0.387 e. The van der Waals surface area contributed by atoms with E-state index in [1.54, 1.807) is 58.1 Å². The van der Waals surface area contributed by atoms with Crippen LogP contribution in [0.5, 0.6) is 11.5 Å². The fraction of sp³-hybridized carbons (Fsp3) is 0.194. The molecule has 7 rings (SSSR count). The number of halogens is 2. The van der Waals surface area contributed by atoms with Gasteiger partial charge >= 0.3 is 6.61 Å². The Morgan fingerprint density at radius 3 is 2.22 bits per heavy atom. The van der Waals surface area contributed by atoms with Crippen molar-refractivity contribution in [2.45, 2.75) is 49.1 Å². The van der Waals surface area contributed by atoms with E-state index in [0.29, 0.717) is 39.7 Å². The number of anilines is 2. The number of aryl methyl sites for hydroxylation is 1. The molecule has 1 atom stereocenters. The number of ether oxygens (including phenoxy) is 2. The number of carbonyl (C=O) groups excluding carboxylic acids is 1. The molecule has 0 bridgehead atoms. The predicted octanol–water partition coefficient (Wildman–Crippen LogP) is 7.34. The first-order valence-corrected chi connectivity index (χ1v) is 16.9. The van der Waals surface area contributed by atoms with E-state index in [2.05, 4.69) is 10.1 Å². The van der Waals surface area contributed by atoms with Gasteiger partial charge in [0.2, 0.25) is 15.7 Å². The number of carbonyl (C=O) groups is 1. The summed E-state index contributed by atoms with van der Waals surface area (Å²) in [5.74, 6) is 0.211. The lowest BCUT2D eigenvalue weighted by Gasteiger charge is -2.40. The molecular weight excluding hydrogens is 652 g/mol. The molecule has 0 radical (unpaired) electrons. The van der Waals surface area contributed by atoms with Crippen molar-refractivity contribution >= 4 is 38.8 Å². The summed E-state index contributed by atoms with van der Waals surface area (Å²) in [5, 5.41) is 7.69. The van der Waals surface area contributed by atoms with Gasteiger partial charge in [0.15, 0.2) is 17.3 Å². The molecule has 0 fully saturated rings. The van der Waals surface area contributed by atoms with Crippen LogP contribution in [0.15, 0.2) is 106 Å². The van der Waals surface area contributed by atoms with Crippen LogP contribution >= 0.6 is 0 Å². The normalized spacial score (nSPS) is 15.3. The second-order valence-electron chi connectivity index (χ2n) is 11.9. The van der Waals surface area contributed by atoms with Crippen LogP contribution in [-0.2, 0) is 14.6 Å². The molecule has 250 valence electrons. The smallest absolute Gasteiger partial charge is 0.387 e. The van der Waals surface area contributed by atoms with E-state index in [9.17, 15) is 22.0 Å². The first kappa shape index (κ1) is 32.0.